The average Bonchev–Trinajstić information content (AvgIpc) is 3.24. The van der Waals surface area contributed by atoms with Gasteiger partial charge in [0, 0.05) is 19.4 Å². The molecule has 0 rings (SSSR count). The second-order valence-electron chi connectivity index (χ2n) is 17.0. The number of carbonyl (C=O) groups is 2. The van der Waals surface area contributed by atoms with Gasteiger partial charge < -0.3 is 20.1 Å². The highest BCUT2D eigenvalue weighted by molar-refractivity contribution is 7.47. The molecule has 0 bridgehead atoms. The fourth-order valence-electron chi connectivity index (χ4n) is 7.31. The van der Waals surface area contributed by atoms with Gasteiger partial charge in [0.2, 0.25) is 0 Å². The van der Waals surface area contributed by atoms with Gasteiger partial charge >= 0.3 is 19.8 Å². The molecule has 0 aromatic heterocycles. The lowest BCUT2D eigenvalue weighted by molar-refractivity contribution is -0.161. The first-order valence-electron chi connectivity index (χ1n) is 25.3. The van der Waals surface area contributed by atoms with Crippen molar-refractivity contribution in [1.29, 1.82) is 0 Å². The largest absolute Gasteiger partial charge is 0.472 e. The highest BCUT2D eigenvalue weighted by Gasteiger charge is 2.26. The van der Waals surface area contributed by atoms with E-state index in [1.807, 2.05) is 0 Å². The summed E-state index contributed by atoms with van der Waals surface area (Å²) < 4.78 is 32.9. The molecule has 3 N–H and O–H groups in total. The molecular formula is C50H96NO8P. The molecule has 9 nitrogen and oxygen atoms in total. The number of allylic oxidation sites excluding steroid dienone is 4. The lowest BCUT2D eigenvalue weighted by atomic mass is 10.0. The molecular weight excluding hydrogens is 774 g/mol. The number of nitrogens with two attached hydrogens (primary N) is 1. The molecule has 354 valence electrons. The molecule has 0 spiro atoms. The lowest BCUT2D eigenvalue weighted by Crippen LogP contribution is -2.29. The first kappa shape index (κ1) is 58.5. The van der Waals surface area contributed by atoms with Crippen molar-refractivity contribution in [2.75, 3.05) is 26.4 Å². The molecule has 0 saturated carbocycles. The molecule has 2 atom stereocenters. The van der Waals surface area contributed by atoms with E-state index in [9.17, 15) is 19.0 Å². The molecule has 0 radical (unpaired) electrons. The monoisotopic (exact) mass is 870 g/mol. The average molecular weight is 870 g/mol. The summed E-state index contributed by atoms with van der Waals surface area (Å²) in [4.78, 5) is 34.9. The number of rotatable bonds is 48. The minimum absolute atomic E-state index is 0.0558. The fourth-order valence-corrected chi connectivity index (χ4v) is 8.08. The smallest absolute Gasteiger partial charge is 0.462 e. The Morgan fingerprint density at radius 2 is 0.867 bits per heavy atom. The van der Waals surface area contributed by atoms with Gasteiger partial charge in [-0.1, -0.05) is 218 Å². The number of unbranched alkanes of at least 4 members (excludes halogenated alkanes) is 31. The van der Waals surface area contributed by atoms with Crippen LogP contribution in [0.15, 0.2) is 24.3 Å². The van der Waals surface area contributed by atoms with Crippen molar-refractivity contribution in [3.63, 3.8) is 0 Å². The van der Waals surface area contributed by atoms with Crippen molar-refractivity contribution >= 4 is 19.8 Å². The molecule has 0 amide bonds. The van der Waals surface area contributed by atoms with Gasteiger partial charge in [-0.3, -0.25) is 18.6 Å². The number of carbonyl (C=O) groups excluding carboxylic acids is 2. The van der Waals surface area contributed by atoms with Crippen molar-refractivity contribution in [3.8, 4) is 0 Å². The number of esters is 2. The third-order valence-corrected chi connectivity index (χ3v) is 12.1. The Bertz CT molecular complexity index is 1040. The maximum absolute atomic E-state index is 12.6. The van der Waals surface area contributed by atoms with E-state index in [1.165, 1.54) is 180 Å². The quantitative estimate of drug-likeness (QED) is 0.0265. The van der Waals surface area contributed by atoms with E-state index < -0.39 is 26.5 Å². The predicted octanol–water partition coefficient (Wildman–Crippen LogP) is 15.1. The van der Waals surface area contributed by atoms with Gasteiger partial charge in [-0.2, -0.15) is 0 Å². The normalized spacial score (nSPS) is 13.3. The summed E-state index contributed by atoms with van der Waals surface area (Å²) in [6.45, 7) is 3.75. The Balaban J connectivity index is 3.94. The zero-order valence-corrected chi connectivity index (χ0v) is 40.1. The summed E-state index contributed by atoms with van der Waals surface area (Å²) in [6, 6.07) is 0. The molecule has 0 aliphatic heterocycles. The number of hydrogen-bond acceptors (Lipinski definition) is 8. The predicted molar refractivity (Wildman–Crippen MR) is 252 cm³/mol. The Labute approximate surface area is 370 Å². The zero-order chi connectivity index (χ0) is 43.9. The standard InChI is InChI=1S/C50H96NO8P/c1-3-5-7-9-11-13-15-17-18-19-20-21-22-23-24-25-26-27-28-29-30-31-33-35-37-39-41-43-50(53)59-48(47-58-60(54,55)57-45-44-51)46-56-49(52)42-40-38-36-34-32-16-14-12-10-8-6-4-2/h15,17,19-20,48H,3-14,16,18,21-47,51H2,1-2H3,(H,54,55)/b17-15-,20-19-. The second kappa shape index (κ2) is 47.0. The van der Waals surface area contributed by atoms with Gasteiger partial charge in [0.1, 0.15) is 6.61 Å². The molecule has 0 aromatic carbocycles. The van der Waals surface area contributed by atoms with Crippen LogP contribution >= 0.6 is 7.82 Å². The Morgan fingerprint density at radius 3 is 1.27 bits per heavy atom. The van der Waals surface area contributed by atoms with E-state index in [0.29, 0.717) is 6.42 Å². The minimum atomic E-state index is -4.37. The van der Waals surface area contributed by atoms with Crippen LogP contribution in [0.5, 0.6) is 0 Å². The van der Waals surface area contributed by atoms with Gasteiger partial charge in [-0.25, -0.2) is 4.57 Å². The number of phosphoric ester groups is 1. The van der Waals surface area contributed by atoms with Crippen molar-refractivity contribution in [1.82, 2.24) is 0 Å². The zero-order valence-electron chi connectivity index (χ0n) is 39.2. The number of hydrogen-bond donors (Lipinski definition) is 2. The third-order valence-electron chi connectivity index (χ3n) is 11.1. The van der Waals surface area contributed by atoms with Crippen molar-refractivity contribution in [2.24, 2.45) is 5.73 Å². The Hall–Kier alpha value is -1.51. The van der Waals surface area contributed by atoms with Gasteiger partial charge in [-0.05, 0) is 44.9 Å². The lowest BCUT2D eigenvalue weighted by Gasteiger charge is -2.19. The Kier molecular flexibility index (Phi) is 45.8. The maximum Gasteiger partial charge on any atom is 0.472 e. The van der Waals surface area contributed by atoms with Gasteiger partial charge in [0.05, 0.1) is 13.2 Å². The van der Waals surface area contributed by atoms with Crippen LogP contribution in [0.2, 0.25) is 0 Å². The summed E-state index contributed by atoms with van der Waals surface area (Å²) in [6.07, 6.45) is 52.2. The van der Waals surface area contributed by atoms with Crippen LogP contribution in [0.25, 0.3) is 0 Å². The maximum atomic E-state index is 12.6. The summed E-state index contributed by atoms with van der Waals surface area (Å²) >= 11 is 0. The van der Waals surface area contributed by atoms with Crippen LogP contribution < -0.4 is 5.73 Å². The van der Waals surface area contributed by atoms with E-state index in [1.54, 1.807) is 0 Å². The summed E-state index contributed by atoms with van der Waals surface area (Å²) in [5, 5.41) is 0. The molecule has 10 heteroatoms. The van der Waals surface area contributed by atoms with E-state index >= 15 is 0 Å². The molecule has 2 unspecified atom stereocenters. The van der Waals surface area contributed by atoms with E-state index in [4.69, 9.17) is 24.3 Å². The number of phosphoric acid groups is 1. The molecule has 0 aromatic rings. The van der Waals surface area contributed by atoms with E-state index in [0.717, 1.165) is 38.5 Å². The highest BCUT2D eigenvalue weighted by atomic mass is 31.2. The first-order valence-corrected chi connectivity index (χ1v) is 26.8. The second-order valence-corrected chi connectivity index (χ2v) is 18.5. The topological polar surface area (TPSA) is 134 Å². The minimum Gasteiger partial charge on any atom is -0.462 e. The Morgan fingerprint density at radius 1 is 0.500 bits per heavy atom. The van der Waals surface area contributed by atoms with Crippen LogP contribution in [0.3, 0.4) is 0 Å². The third kappa shape index (κ3) is 46.0. The molecule has 0 fully saturated rings. The molecule has 60 heavy (non-hydrogen) atoms. The van der Waals surface area contributed by atoms with E-state index in [2.05, 4.69) is 38.2 Å². The van der Waals surface area contributed by atoms with Crippen LogP contribution in [0.4, 0.5) is 0 Å². The van der Waals surface area contributed by atoms with Gasteiger partial charge in [0.15, 0.2) is 6.10 Å². The molecule has 0 aliphatic rings. The molecule has 0 aliphatic carbocycles. The highest BCUT2D eigenvalue weighted by Crippen LogP contribution is 2.43. The van der Waals surface area contributed by atoms with Crippen molar-refractivity contribution < 1.29 is 37.6 Å². The van der Waals surface area contributed by atoms with Crippen LogP contribution in [-0.2, 0) is 32.7 Å². The summed E-state index contributed by atoms with van der Waals surface area (Å²) in [7, 11) is -4.37. The summed E-state index contributed by atoms with van der Waals surface area (Å²) in [5.41, 5.74) is 5.36. The molecule has 0 saturated heterocycles. The van der Waals surface area contributed by atoms with Crippen LogP contribution in [-0.4, -0.2) is 49.3 Å². The van der Waals surface area contributed by atoms with Crippen LogP contribution in [0.1, 0.15) is 251 Å². The number of ether oxygens (including phenoxy) is 2. The first-order chi connectivity index (χ1) is 29.3. The van der Waals surface area contributed by atoms with Gasteiger partial charge in [-0.15, -0.1) is 0 Å². The summed E-state index contributed by atoms with van der Waals surface area (Å²) in [5.74, 6) is -0.817. The van der Waals surface area contributed by atoms with Gasteiger partial charge in [0.25, 0.3) is 0 Å². The molecule has 0 heterocycles. The van der Waals surface area contributed by atoms with Crippen molar-refractivity contribution in [2.45, 2.75) is 258 Å². The SMILES string of the molecule is CCCCCCC/C=C\C/C=C\CCCCCCCCCCCCCCCCCC(=O)OC(COC(=O)CCCCCCCCCCCCCC)COP(=O)(O)OCCN. The fraction of sp³-hybridized carbons (Fsp3) is 0.880. The van der Waals surface area contributed by atoms with Crippen LogP contribution in [0, 0.1) is 0 Å². The van der Waals surface area contributed by atoms with Crippen molar-refractivity contribution in [3.05, 3.63) is 24.3 Å². The van der Waals surface area contributed by atoms with E-state index in [-0.39, 0.29) is 38.6 Å².